The quantitative estimate of drug-likeness (QED) is 0.784. The highest BCUT2D eigenvalue weighted by Gasteiger charge is 2.25. The van der Waals surface area contributed by atoms with E-state index in [0.29, 0.717) is 11.7 Å². The van der Waals surface area contributed by atoms with Gasteiger partial charge in [0.25, 0.3) is 0 Å². The molecule has 100 valence electrons. The lowest BCUT2D eigenvalue weighted by atomic mass is 9.84. The molecule has 0 atom stereocenters. The average Bonchev–Trinajstić information content (AvgIpc) is 2.19. The van der Waals surface area contributed by atoms with Crippen LogP contribution in [0.25, 0.3) is 0 Å². The predicted octanol–water partition coefficient (Wildman–Crippen LogP) is 1.37. The lowest BCUT2D eigenvalue weighted by Gasteiger charge is -2.28. The zero-order valence-corrected chi connectivity index (χ0v) is 11.2. The minimum absolute atomic E-state index is 0.126. The van der Waals surface area contributed by atoms with Gasteiger partial charge in [0, 0.05) is 12.1 Å². The lowest BCUT2D eigenvalue weighted by molar-refractivity contribution is 0.306. The molecule has 0 aromatic rings. The minimum atomic E-state index is -3.06. The maximum atomic E-state index is 11.9. The van der Waals surface area contributed by atoms with Crippen molar-refractivity contribution >= 4 is 10.0 Å². The molecule has 0 aromatic heterocycles. The van der Waals surface area contributed by atoms with Crippen LogP contribution in [-0.4, -0.2) is 26.3 Å². The molecule has 2 rings (SSSR count). The third-order valence-corrected chi connectivity index (χ3v) is 5.60. The Hall–Kier alpha value is -0.130. The summed E-state index contributed by atoms with van der Waals surface area (Å²) in [6.07, 6.45) is 8.21. The molecule has 0 unspecified atom stereocenters. The molecule has 0 aromatic carbocycles. The zero-order chi connectivity index (χ0) is 12.3. The van der Waals surface area contributed by atoms with Gasteiger partial charge in [-0.3, -0.25) is 0 Å². The summed E-state index contributed by atoms with van der Waals surface area (Å²) >= 11 is 0. The molecule has 0 saturated heterocycles. The lowest BCUT2D eigenvalue weighted by Crippen LogP contribution is -2.41. The molecule has 4 nitrogen and oxygen atoms in total. The Kier molecular flexibility index (Phi) is 4.44. The van der Waals surface area contributed by atoms with E-state index in [1.807, 2.05) is 0 Å². The molecule has 2 aliphatic carbocycles. The van der Waals surface area contributed by atoms with Crippen molar-refractivity contribution in [2.75, 3.05) is 5.75 Å². The van der Waals surface area contributed by atoms with E-state index in [1.165, 1.54) is 19.3 Å². The smallest absolute Gasteiger partial charge is 0.211 e. The fraction of sp³-hybridized carbons (Fsp3) is 1.00. The SMILES string of the molecule is NC1CCC(NS(=O)(=O)CCC2CCC2)CC1. The van der Waals surface area contributed by atoms with Gasteiger partial charge >= 0.3 is 0 Å². The third-order valence-electron chi connectivity index (χ3n) is 4.14. The van der Waals surface area contributed by atoms with E-state index < -0.39 is 10.0 Å². The van der Waals surface area contributed by atoms with Gasteiger partial charge < -0.3 is 5.73 Å². The van der Waals surface area contributed by atoms with Crippen molar-refractivity contribution in [2.45, 2.75) is 63.5 Å². The van der Waals surface area contributed by atoms with Gasteiger partial charge in [-0.25, -0.2) is 13.1 Å². The number of hydrogen-bond acceptors (Lipinski definition) is 3. The van der Waals surface area contributed by atoms with Crippen molar-refractivity contribution < 1.29 is 8.42 Å². The Morgan fingerprint density at radius 1 is 1.06 bits per heavy atom. The van der Waals surface area contributed by atoms with Crippen LogP contribution in [0.2, 0.25) is 0 Å². The summed E-state index contributed by atoms with van der Waals surface area (Å²) < 4.78 is 26.6. The van der Waals surface area contributed by atoms with Gasteiger partial charge in [0.1, 0.15) is 0 Å². The van der Waals surface area contributed by atoms with E-state index in [0.717, 1.165) is 32.1 Å². The van der Waals surface area contributed by atoms with Crippen LogP contribution in [-0.2, 0) is 10.0 Å². The van der Waals surface area contributed by atoms with E-state index in [4.69, 9.17) is 5.73 Å². The number of nitrogens with two attached hydrogens (primary N) is 1. The Morgan fingerprint density at radius 3 is 2.24 bits per heavy atom. The van der Waals surface area contributed by atoms with Gasteiger partial charge in [0.15, 0.2) is 0 Å². The standard InChI is InChI=1S/C12H24N2O2S/c13-11-4-6-12(7-5-11)14-17(15,16)9-8-10-2-1-3-10/h10-12,14H,1-9,13H2. The van der Waals surface area contributed by atoms with E-state index in [-0.39, 0.29) is 12.1 Å². The molecule has 2 saturated carbocycles. The fourth-order valence-electron chi connectivity index (χ4n) is 2.65. The van der Waals surface area contributed by atoms with Crippen LogP contribution in [0.15, 0.2) is 0 Å². The molecule has 0 spiro atoms. The zero-order valence-electron chi connectivity index (χ0n) is 10.4. The Labute approximate surface area is 104 Å². The summed E-state index contributed by atoms with van der Waals surface area (Å²) in [4.78, 5) is 0. The molecular weight excluding hydrogens is 236 g/mol. The van der Waals surface area contributed by atoms with E-state index in [1.54, 1.807) is 0 Å². The van der Waals surface area contributed by atoms with Crippen molar-refractivity contribution in [3.63, 3.8) is 0 Å². The molecule has 0 radical (unpaired) electrons. The first-order chi connectivity index (χ1) is 8.05. The van der Waals surface area contributed by atoms with E-state index in [9.17, 15) is 8.42 Å². The summed E-state index contributed by atoms with van der Waals surface area (Å²) in [5, 5.41) is 0. The maximum absolute atomic E-state index is 11.9. The molecular formula is C12H24N2O2S. The van der Waals surface area contributed by atoms with Crippen LogP contribution < -0.4 is 10.5 Å². The summed E-state index contributed by atoms with van der Waals surface area (Å²) in [6, 6.07) is 0.395. The molecule has 0 heterocycles. The summed E-state index contributed by atoms with van der Waals surface area (Å²) in [5.74, 6) is 0.964. The molecule has 0 bridgehead atoms. The highest BCUT2D eigenvalue weighted by Crippen LogP contribution is 2.29. The van der Waals surface area contributed by atoms with Crippen LogP contribution >= 0.6 is 0 Å². The highest BCUT2D eigenvalue weighted by molar-refractivity contribution is 7.89. The summed E-state index contributed by atoms with van der Waals surface area (Å²) in [5.41, 5.74) is 5.81. The topological polar surface area (TPSA) is 72.2 Å². The number of sulfonamides is 1. The van der Waals surface area contributed by atoms with E-state index >= 15 is 0 Å². The Bertz CT molecular complexity index is 330. The first-order valence-corrected chi connectivity index (χ1v) is 8.46. The molecule has 2 fully saturated rings. The van der Waals surface area contributed by atoms with Crippen molar-refractivity contribution in [1.82, 2.24) is 4.72 Å². The van der Waals surface area contributed by atoms with E-state index in [2.05, 4.69) is 4.72 Å². The van der Waals surface area contributed by atoms with Crippen molar-refractivity contribution in [3.05, 3.63) is 0 Å². The minimum Gasteiger partial charge on any atom is -0.328 e. The largest absolute Gasteiger partial charge is 0.328 e. The van der Waals surface area contributed by atoms with Gasteiger partial charge in [-0.1, -0.05) is 19.3 Å². The van der Waals surface area contributed by atoms with Crippen LogP contribution in [0, 0.1) is 5.92 Å². The predicted molar refractivity (Wildman–Crippen MR) is 69.1 cm³/mol. The monoisotopic (exact) mass is 260 g/mol. The van der Waals surface area contributed by atoms with Crippen LogP contribution in [0.4, 0.5) is 0 Å². The molecule has 17 heavy (non-hydrogen) atoms. The number of rotatable bonds is 5. The second kappa shape index (κ2) is 5.67. The van der Waals surface area contributed by atoms with Crippen molar-refractivity contribution in [3.8, 4) is 0 Å². The Morgan fingerprint density at radius 2 is 1.71 bits per heavy atom. The van der Waals surface area contributed by atoms with Crippen molar-refractivity contribution in [1.29, 1.82) is 0 Å². The highest BCUT2D eigenvalue weighted by atomic mass is 32.2. The number of nitrogens with one attached hydrogen (secondary N) is 1. The van der Waals surface area contributed by atoms with Gasteiger partial charge in [-0.2, -0.15) is 0 Å². The normalized spacial score (nSPS) is 31.1. The fourth-order valence-corrected chi connectivity index (χ4v) is 4.16. The molecule has 0 amide bonds. The molecule has 3 N–H and O–H groups in total. The van der Waals surface area contributed by atoms with Crippen LogP contribution in [0.5, 0.6) is 0 Å². The molecule has 2 aliphatic rings. The third kappa shape index (κ3) is 4.23. The maximum Gasteiger partial charge on any atom is 0.211 e. The second-order valence-corrected chi connectivity index (χ2v) is 7.51. The van der Waals surface area contributed by atoms with Gasteiger partial charge in [-0.05, 0) is 38.0 Å². The second-order valence-electron chi connectivity index (χ2n) is 5.63. The van der Waals surface area contributed by atoms with Crippen molar-refractivity contribution in [2.24, 2.45) is 11.7 Å². The average molecular weight is 260 g/mol. The van der Waals surface area contributed by atoms with Gasteiger partial charge in [0.05, 0.1) is 5.75 Å². The Balaban J connectivity index is 1.72. The van der Waals surface area contributed by atoms with Crippen LogP contribution in [0.3, 0.4) is 0 Å². The number of hydrogen-bond donors (Lipinski definition) is 2. The van der Waals surface area contributed by atoms with Gasteiger partial charge in [0.2, 0.25) is 10.0 Å². The molecule has 0 aliphatic heterocycles. The summed E-state index contributed by atoms with van der Waals surface area (Å²) in [7, 11) is -3.06. The van der Waals surface area contributed by atoms with Gasteiger partial charge in [-0.15, -0.1) is 0 Å². The summed E-state index contributed by atoms with van der Waals surface area (Å²) in [6.45, 7) is 0. The molecule has 5 heteroatoms. The van der Waals surface area contributed by atoms with Crippen LogP contribution in [0.1, 0.15) is 51.4 Å². The first kappa shape index (κ1) is 13.3. The first-order valence-electron chi connectivity index (χ1n) is 6.81.